The molecule has 1 saturated heterocycles. The van der Waals surface area contributed by atoms with Crippen LogP contribution in [0.25, 0.3) is 6.08 Å². The summed E-state index contributed by atoms with van der Waals surface area (Å²) in [4.78, 5) is 22.1. The minimum atomic E-state index is -1.01. The average Bonchev–Trinajstić information content (AvgIpc) is 3.62. The minimum Gasteiger partial charge on any atom is -0.485 e. The molecule has 2 aliphatic heterocycles. The number of oxazole rings is 1. The third-order valence-electron chi connectivity index (χ3n) is 7.46. The van der Waals surface area contributed by atoms with Crippen molar-refractivity contribution in [2.24, 2.45) is 0 Å². The van der Waals surface area contributed by atoms with Crippen molar-refractivity contribution in [3.8, 4) is 11.5 Å². The summed E-state index contributed by atoms with van der Waals surface area (Å²) in [6.07, 6.45) is 9.21. The van der Waals surface area contributed by atoms with Gasteiger partial charge >= 0.3 is 5.97 Å². The summed E-state index contributed by atoms with van der Waals surface area (Å²) in [5.74, 6) is 2.52. The van der Waals surface area contributed by atoms with Crippen LogP contribution in [0.3, 0.4) is 0 Å². The Bertz CT molecular complexity index is 1490. The normalized spacial score (nSPS) is 17.9. The molecule has 0 spiro atoms. The van der Waals surface area contributed by atoms with Crippen molar-refractivity contribution in [1.82, 2.24) is 19.4 Å². The molecule has 0 aliphatic carbocycles. The Balaban J connectivity index is 1.12. The van der Waals surface area contributed by atoms with E-state index in [-0.39, 0.29) is 6.10 Å². The molecule has 10 heteroatoms. The van der Waals surface area contributed by atoms with E-state index in [4.69, 9.17) is 30.6 Å². The van der Waals surface area contributed by atoms with Gasteiger partial charge in [0.1, 0.15) is 18.2 Å². The van der Waals surface area contributed by atoms with Crippen LogP contribution in [0.1, 0.15) is 53.3 Å². The summed E-state index contributed by atoms with van der Waals surface area (Å²) in [5.41, 5.74) is 2.94. The Hall–Kier alpha value is -4.08. The molecule has 40 heavy (non-hydrogen) atoms. The maximum Gasteiger partial charge on any atom is 0.328 e. The number of rotatable bonds is 8. The van der Waals surface area contributed by atoms with Gasteiger partial charge in [-0.3, -0.25) is 4.90 Å². The quantitative estimate of drug-likeness (QED) is 0.279. The largest absolute Gasteiger partial charge is 0.485 e. The number of fused-ring (bicyclic) bond motifs is 1. The number of carboxylic acid groups (broad SMARTS) is 1. The van der Waals surface area contributed by atoms with E-state index in [1.165, 1.54) is 12.0 Å². The second-order valence-electron chi connectivity index (χ2n) is 10.0. The second-order valence-corrected chi connectivity index (χ2v) is 10.5. The van der Waals surface area contributed by atoms with Gasteiger partial charge in [-0.05, 0) is 61.7 Å². The van der Waals surface area contributed by atoms with Crippen LogP contribution in [0.5, 0.6) is 11.5 Å². The number of nitrogens with zero attached hydrogens (tertiary/aromatic N) is 4. The lowest BCUT2D eigenvalue weighted by Crippen LogP contribution is -2.34. The highest BCUT2D eigenvalue weighted by atomic mass is 35.5. The van der Waals surface area contributed by atoms with Crippen LogP contribution in [0.15, 0.2) is 71.7 Å². The van der Waals surface area contributed by atoms with Gasteiger partial charge in [0.2, 0.25) is 0 Å². The minimum absolute atomic E-state index is 0.169. The van der Waals surface area contributed by atoms with E-state index in [2.05, 4.69) is 20.9 Å². The van der Waals surface area contributed by atoms with Gasteiger partial charge in [-0.1, -0.05) is 35.9 Å². The molecule has 0 radical (unpaired) electrons. The monoisotopic (exact) mass is 560 g/mol. The second kappa shape index (κ2) is 11.6. The SMILES string of the molecule is O=C(O)C=Cc1cnc(CN2CCC(c3cccc4c3OCC(c3ccc(Cl)cc3)O4)CC2)n1Cc1cnco1. The van der Waals surface area contributed by atoms with Gasteiger partial charge in [0.15, 0.2) is 24.0 Å². The van der Waals surface area contributed by atoms with E-state index in [0.717, 1.165) is 54.9 Å². The van der Waals surface area contributed by atoms with Gasteiger partial charge in [0, 0.05) is 16.7 Å². The number of carboxylic acids is 1. The molecule has 4 heterocycles. The lowest BCUT2D eigenvalue weighted by molar-refractivity contribution is -0.131. The number of carbonyl (C=O) groups is 1. The summed E-state index contributed by atoms with van der Waals surface area (Å²) in [7, 11) is 0. The fraction of sp³-hybridized carbons (Fsp3) is 0.300. The number of para-hydroxylation sites is 1. The number of aliphatic carboxylic acids is 1. The van der Waals surface area contributed by atoms with E-state index in [1.54, 1.807) is 18.5 Å². The molecule has 1 atom stereocenters. The molecule has 0 amide bonds. The van der Waals surface area contributed by atoms with Crippen LogP contribution in [0.4, 0.5) is 0 Å². The number of ether oxygens (including phenoxy) is 2. The Morgan fingerprint density at radius 2 is 1.93 bits per heavy atom. The van der Waals surface area contributed by atoms with Crippen LogP contribution in [-0.4, -0.2) is 50.2 Å². The van der Waals surface area contributed by atoms with E-state index in [1.807, 2.05) is 41.0 Å². The van der Waals surface area contributed by atoms with Crippen molar-refractivity contribution >= 4 is 23.6 Å². The Morgan fingerprint density at radius 3 is 2.67 bits per heavy atom. The van der Waals surface area contributed by atoms with E-state index in [0.29, 0.717) is 42.1 Å². The summed E-state index contributed by atoms with van der Waals surface area (Å²) in [5, 5.41) is 9.78. The van der Waals surface area contributed by atoms with Crippen molar-refractivity contribution in [2.75, 3.05) is 19.7 Å². The first kappa shape index (κ1) is 26.2. The maximum atomic E-state index is 11.1. The zero-order valence-corrected chi connectivity index (χ0v) is 22.5. The number of hydrogen-bond acceptors (Lipinski definition) is 7. The maximum absolute atomic E-state index is 11.1. The van der Waals surface area contributed by atoms with Gasteiger partial charge in [-0.25, -0.2) is 14.8 Å². The van der Waals surface area contributed by atoms with Crippen molar-refractivity contribution in [2.45, 2.75) is 38.0 Å². The lowest BCUT2D eigenvalue weighted by atomic mass is 9.88. The van der Waals surface area contributed by atoms with Crippen LogP contribution in [0.2, 0.25) is 5.02 Å². The number of aromatic nitrogens is 3. The topological polar surface area (TPSA) is 103 Å². The molecule has 2 aliphatic rings. The van der Waals surface area contributed by atoms with E-state index < -0.39 is 5.97 Å². The molecule has 0 saturated carbocycles. The first-order valence-corrected chi connectivity index (χ1v) is 13.6. The van der Waals surface area contributed by atoms with Crippen molar-refractivity contribution in [3.63, 3.8) is 0 Å². The number of halogens is 1. The van der Waals surface area contributed by atoms with Crippen molar-refractivity contribution in [1.29, 1.82) is 0 Å². The molecule has 2 aromatic carbocycles. The molecule has 1 unspecified atom stereocenters. The zero-order chi connectivity index (χ0) is 27.5. The smallest absolute Gasteiger partial charge is 0.328 e. The molecule has 1 fully saturated rings. The van der Waals surface area contributed by atoms with Gasteiger partial charge in [-0.2, -0.15) is 0 Å². The summed E-state index contributed by atoms with van der Waals surface area (Å²) in [6.45, 7) is 3.33. The Kier molecular flexibility index (Phi) is 7.57. The molecule has 206 valence electrons. The average molecular weight is 561 g/mol. The number of hydrogen-bond donors (Lipinski definition) is 1. The molecule has 1 N–H and O–H groups in total. The standard InChI is InChI=1S/C30H29ClN4O5/c31-22-6-4-21(5-7-22)27-18-38-30-25(2-1-3-26(30)40-27)20-10-12-34(13-11-20)17-28-33-14-23(8-9-29(36)37)35(28)16-24-15-32-19-39-24/h1-9,14-15,19-20,27H,10-13,16-18H2,(H,36,37). The molecular weight excluding hydrogens is 532 g/mol. The highest BCUT2D eigenvalue weighted by molar-refractivity contribution is 6.30. The fourth-order valence-electron chi connectivity index (χ4n) is 5.40. The fourth-order valence-corrected chi connectivity index (χ4v) is 5.52. The molecule has 0 bridgehead atoms. The van der Waals surface area contributed by atoms with Gasteiger partial charge in [0.25, 0.3) is 0 Å². The first-order valence-electron chi connectivity index (χ1n) is 13.3. The summed E-state index contributed by atoms with van der Waals surface area (Å²) in [6, 6.07) is 13.9. The number of likely N-dealkylation sites (tertiary alicyclic amines) is 1. The Labute approximate surface area is 236 Å². The number of piperidine rings is 1. The predicted octanol–water partition coefficient (Wildman–Crippen LogP) is 5.56. The highest BCUT2D eigenvalue weighted by Gasteiger charge is 2.30. The zero-order valence-electron chi connectivity index (χ0n) is 21.8. The van der Waals surface area contributed by atoms with Crippen LogP contribution in [-0.2, 0) is 17.9 Å². The van der Waals surface area contributed by atoms with E-state index >= 15 is 0 Å². The van der Waals surface area contributed by atoms with Crippen molar-refractivity contribution < 1.29 is 23.8 Å². The third-order valence-corrected chi connectivity index (χ3v) is 7.71. The van der Waals surface area contributed by atoms with Gasteiger partial charge in [-0.15, -0.1) is 0 Å². The molecule has 4 aromatic rings. The molecule has 6 rings (SSSR count). The third kappa shape index (κ3) is 5.76. The van der Waals surface area contributed by atoms with Gasteiger partial charge < -0.3 is 23.6 Å². The van der Waals surface area contributed by atoms with E-state index in [9.17, 15) is 4.79 Å². The Morgan fingerprint density at radius 1 is 1.10 bits per heavy atom. The van der Waals surface area contributed by atoms with Crippen LogP contribution in [0, 0.1) is 0 Å². The first-order chi connectivity index (χ1) is 19.5. The van der Waals surface area contributed by atoms with Crippen LogP contribution < -0.4 is 9.47 Å². The summed E-state index contributed by atoms with van der Waals surface area (Å²) >= 11 is 6.05. The molecular formula is C30H29ClN4O5. The lowest BCUT2D eigenvalue weighted by Gasteiger charge is -2.34. The van der Waals surface area contributed by atoms with Crippen molar-refractivity contribution in [3.05, 3.63) is 101 Å². The van der Waals surface area contributed by atoms with Crippen LogP contribution >= 0.6 is 11.6 Å². The number of benzene rings is 2. The molecule has 9 nitrogen and oxygen atoms in total. The highest BCUT2D eigenvalue weighted by Crippen LogP contribution is 2.44. The summed E-state index contributed by atoms with van der Waals surface area (Å²) < 4.78 is 20.0. The predicted molar refractivity (Wildman–Crippen MR) is 149 cm³/mol. The molecule has 2 aromatic heterocycles. The van der Waals surface area contributed by atoms with Gasteiger partial charge in [0.05, 0.1) is 31.2 Å². The number of imidazole rings is 1.